The molecule has 0 aliphatic carbocycles. The third-order valence-electron chi connectivity index (χ3n) is 4.65. The van der Waals surface area contributed by atoms with E-state index in [-0.39, 0.29) is 10.8 Å². The molecular weight excluding hydrogens is 548 g/mol. The first-order chi connectivity index (χ1) is 15.5. The molecule has 35 heavy (non-hydrogen) atoms. The quantitative estimate of drug-likeness (QED) is 0.267. The van der Waals surface area contributed by atoms with Crippen LogP contribution < -0.4 is 5.32 Å². The molecule has 17 heteroatoms. The van der Waals surface area contributed by atoms with Crippen molar-refractivity contribution in [1.29, 1.82) is 0 Å². The van der Waals surface area contributed by atoms with Gasteiger partial charge in [-0.2, -0.15) is 61.5 Å². The van der Waals surface area contributed by atoms with Gasteiger partial charge >= 0.3 is 46.8 Å². The Bertz CT molecular complexity index is 1110. The normalized spacial score (nSPS) is 14.8. The molecule has 0 atom stereocenters. The van der Waals surface area contributed by atoms with E-state index in [4.69, 9.17) is 0 Å². The molecule has 0 radical (unpaired) electrons. The third kappa shape index (κ3) is 4.02. The second-order valence-corrected chi connectivity index (χ2v) is 7.40. The van der Waals surface area contributed by atoms with E-state index in [9.17, 15) is 66.3 Å². The molecule has 0 aliphatic rings. The molecule has 2 aromatic rings. The van der Waals surface area contributed by atoms with Crippen molar-refractivity contribution < 1.29 is 66.3 Å². The van der Waals surface area contributed by atoms with Crippen molar-refractivity contribution >= 4 is 34.0 Å². The summed E-state index contributed by atoms with van der Waals surface area (Å²) in [4.78, 5) is 11.7. The number of anilines is 1. The van der Waals surface area contributed by atoms with Crippen molar-refractivity contribution in [2.24, 2.45) is 0 Å². The Morgan fingerprint density at radius 3 is 1.54 bits per heavy atom. The number of halogens is 15. The van der Waals surface area contributed by atoms with Crippen LogP contribution >= 0.6 is 11.6 Å². The highest BCUT2D eigenvalue weighted by Crippen LogP contribution is 2.62. The van der Waals surface area contributed by atoms with E-state index in [0.717, 1.165) is 23.5 Å². The molecule has 0 spiro atoms. The van der Waals surface area contributed by atoms with Gasteiger partial charge < -0.3 is 5.32 Å². The Kier molecular flexibility index (Phi) is 6.78. The van der Waals surface area contributed by atoms with Crippen molar-refractivity contribution in [2.75, 3.05) is 5.32 Å². The fourth-order valence-corrected chi connectivity index (χ4v) is 2.76. The van der Waals surface area contributed by atoms with Gasteiger partial charge in [-0.25, -0.2) is 0 Å². The van der Waals surface area contributed by atoms with Gasteiger partial charge in [0.2, 0.25) is 0 Å². The Balaban J connectivity index is 2.53. The summed E-state index contributed by atoms with van der Waals surface area (Å²) < 4.78 is 189. The van der Waals surface area contributed by atoms with Gasteiger partial charge in [-0.3, -0.25) is 4.79 Å². The second kappa shape index (κ2) is 8.27. The van der Waals surface area contributed by atoms with Gasteiger partial charge in [-0.1, -0.05) is 36.4 Å². The molecule has 1 N–H and O–H groups in total. The molecule has 1 amide bonds. The molecule has 0 fully saturated rings. The number of rotatable bonds is 8. The SMILES string of the molecule is O=C(Nc1cccc2ccccc12)C(F)(F)C(F)(F)C(F)(F)C(F)(F)C(F)(F)C(F)(F)C(F)(F)Cl. The van der Waals surface area contributed by atoms with Crippen molar-refractivity contribution in [3.05, 3.63) is 42.5 Å². The number of hydrogen-bond acceptors (Lipinski definition) is 1. The van der Waals surface area contributed by atoms with Crippen LogP contribution in [0.1, 0.15) is 0 Å². The van der Waals surface area contributed by atoms with E-state index >= 15 is 0 Å². The summed E-state index contributed by atoms with van der Waals surface area (Å²) >= 11 is 3.52. The third-order valence-corrected chi connectivity index (χ3v) is 4.89. The summed E-state index contributed by atoms with van der Waals surface area (Å²) in [6.07, 6.45) is 0. The zero-order valence-electron chi connectivity index (χ0n) is 16.1. The Labute approximate surface area is 189 Å². The average molecular weight is 556 g/mol. The highest BCUT2D eigenvalue weighted by atomic mass is 35.5. The van der Waals surface area contributed by atoms with Gasteiger partial charge in [-0.05, 0) is 23.1 Å². The van der Waals surface area contributed by atoms with Crippen LogP contribution in [0.5, 0.6) is 0 Å². The topological polar surface area (TPSA) is 29.1 Å². The summed E-state index contributed by atoms with van der Waals surface area (Å²) in [5.41, 5.74) is -0.753. The smallest absolute Gasteiger partial charge is 0.320 e. The molecule has 2 nitrogen and oxygen atoms in total. The molecule has 0 aliphatic heterocycles. The molecular formula is C18H8ClF14NO. The zero-order chi connectivity index (χ0) is 27.5. The van der Waals surface area contributed by atoms with Crippen LogP contribution in [0, 0.1) is 0 Å². The van der Waals surface area contributed by atoms with Crippen LogP contribution in [0.4, 0.5) is 67.2 Å². The van der Waals surface area contributed by atoms with Crippen molar-refractivity contribution in [2.45, 2.75) is 40.9 Å². The lowest BCUT2D eigenvalue weighted by Gasteiger charge is -2.41. The van der Waals surface area contributed by atoms with Crippen LogP contribution in [0.2, 0.25) is 0 Å². The molecule has 0 aromatic heterocycles. The molecule has 0 saturated heterocycles. The molecule has 0 unspecified atom stereocenters. The van der Waals surface area contributed by atoms with E-state index in [1.165, 1.54) is 24.3 Å². The van der Waals surface area contributed by atoms with Gasteiger partial charge in [0.25, 0.3) is 0 Å². The van der Waals surface area contributed by atoms with E-state index in [2.05, 4.69) is 11.6 Å². The van der Waals surface area contributed by atoms with E-state index < -0.39 is 52.5 Å². The summed E-state index contributed by atoms with van der Waals surface area (Å²) in [5.74, 6) is -50.5. The molecule has 0 saturated carbocycles. The molecule has 196 valence electrons. The van der Waals surface area contributed by atoms with Gasteiger partial charge in [0.1, 0.15) is 0 Å². The molecule has 0 bridgehead atoms. The van der Waals surface area contributed by atoms with Crippen molar-refractivity contribution in [3.8, 4) is 0 Å². The maximum atomic E-state index is 14.0. The van der Waals surface area contributed by atoms with Crippen LogP contribution in [0.25, 0.3) is 10.8 Å². The van der Waals surface area contributed by atoms with Crippen molar-refractivity contribution in [1.82, 2.24) is 0 Å². The number of alkyl halides is 15. The monoisotopic (exact) mass is 555 g/mol. The maximum Gasteiger partial charge on any atom is 0.393 e. The lowest BCUT2D eigenvalue weighted by Crippen LogP contribution is -2.73. The number of benzene rings is 2. The van der Waals surface area contributed by atoms with Gasteiger partial charge in [0.15, 0.2) is 0 Å². The predicted molar refractivity (Wildman–Crippen MR) is 93.1 cm³/mol. The summed E-state index contributed by atoms with van der Waals surface area (Å²) in [7, 11) is 0. The molecule has 2 aromatic carbocycles. The molecule has 0 heterocycles. The number of fused-ring (bicyclic) bond motifs is 1. The van der Waals surface area contributed by atoms with Crippen molar-refractivity contribution in [3.63, 3.8) is 0 Å². The number of amides is 1. The minimum absolute atomic E-state index is 0.157. The highest BCUT2D eigenvalue weighted by molar-refractivity contribution is 6.22. The minimum Gasteiger partial charge on any atom is -0.320 e. The van der Waals surface area contributed by atoms with E-state index in [1.54, 1.807) is 0 Å². The highest BCUT2D eigenvalue weighted by Gasteiger charge is 2.93. The number of nitrogens with one attached hydrogen (secondary N) is 1. The van der Waals surface area contributed by atoms with Crippen LogP contribution in [-0.2, 0) is 4.79 Å². The largest absolute Gasteiger partial charge is 0.393 e. The first kappa shape index (κ1) is 28.7. The fourth-order valence-electron chi connectivity index (χ4n) is 2.64. The summed E-state index contributed by atoms with van der Waals surface area (Å²) in [6, 6.07) is 8.18. The van der Waals surface area contributed by atoms with Crippen LogP contribution in [0.15, 0.2) is 42.5 Å². The summed E-state index contributed by atoms with van der Waals surface area (Å²) in [6.45, 7) is 0. The van der Waals surface area contributed by atoms with E-state index in [0.29, 0.717) is 0 Å². The minimum atomic E-state index is -8.30. The van der Waals surface area contributed by atoms with Gasteiger partial charge in [-0.15, -0.1) is 0 Å². The number of hydrogen-bond donors (Lipinski definition) is 1. The Hall–Kier alpha value is -2.52. The van der Waals surface area contributed by atoms with Crippen LogP contribution in [-0.4, -0.2) is 46.8 Å². The lowest BCUT2D eigenvalue weighted by atomic mass is 9.91. The summed E-state index contributed by atoms with van der Waals surface area (Å²) in [5, 5.41) is -5.69. The Morgan fingerprint density at radius 1 is 0.600 bits per heavy atom. The van der Waals surface area contributed by atoms with E-state index in [1.807, 2.05) is 0 Å². The molecule has 2 rings (SSSR count). The Morgan fingerprint density at radius 2 is 1.03 bits per heavy atom. The fraction of sp³-hybridized carbons (Fsp3) is 0.389. The first-order valence-corrected chi connectivity index (χ1v) is 8.99. The number of carbonyl (C=O) groups is 1. The first-order valence-electron chi connectivity index (χ1n) is 8.61. The second-order valence-electron chi connectivity index (χ2n) is 6.92. The average Bonchev–Trinajstić information content (AvgIpc) is 2.72. The maximum absolute atomic E-state index is 14.0. The van der Waals surface area contributed by atoms with Gasteiger partial charge in [0, 0.05) is 11.1 Å². The number of carbonyl (C=O) groups excluding carboxylic acids is 1. The predicted octanol–water partition coefficient (Wildman–Crippen LogP) is 7.42. The standard InChI is InChI=1S/C18H8ClF14NO/c19-18(32,33)17(30,31)16(28,29)15(26,27)14(24,25)13(22,23)12(20,21)11(35)34-10-7-3-5-8-4-1-2-6-9(8)10/h1-7H,(H,34,35). The van der Waals surface area contributed by atoms with Crippen LogP contribution in [0.3, 0.4) is 0 Å². The lowest BCUT2D eigenvalue weighted by molar-refractivity contribution is -0.431. The van der Waals surface area contributed by atoms with Gasteiger partial charge in [0.05, 0.1) is 0 Å². The zero-order valence-corrected chi connectivity index (χ0v) is 16.9.